The Balaban J connectivity index is 1.80. The average Bonchev–Trinajstić information content (AvgIpc) is 2.61. The van der Waals surface area contributed by atoms with Crippen LogP contribution in [0.4, 0.5) is 16.2 Å². The van der Waals surface area contributed by atoms with E-state index in [1.807, 2.05) is 64.1 Å². The number of aromatic nitrogens is 1. The Kier molecular flexibility index (Phi) is 7.49. The highest BCUT2D eigenvalue weighted by Gasteiger charge is 2.15. The fourth-order valence-corrected chi connectivity index (χ4v) is 2.46. The third kappa shape index (κ3) is 7.34. The zero-order chi connectivity index (χ0) is 20.6. The maximum absolute atomic E-state index is 11.6. The van der Waals surface area contributed by atoms with Crippen LogP contribution in [0, 0.1) is 6.92 Å². The number of alkyl carbamates (subject to hydrolysis) is 1. The van der Waals surface area contributed by atoms with E-state index in [1.165, 1.54) is 0 Å². The summed E-state index contributed by atoms with van der Waals surface area (Å²) < 4.78 is 11.0. The number of ether oxygens (including phenoxy) is 2. The topological polar surface area (TPSA) is 98.5 Å². The van der Waals surface area contributed by atoms with Crippen LogP contribution < -0.4 is 21.1 Å². The predicted octanol–water partition coefficient (Wildman–Crippen LogP) is 4.48. The first-order chi connectivity index (χ1) is 13.2. The fraction of sp³-hybridized carbons (Fsp3) is 0.429. The Hall–Kier alpha value is -2.96. The first-order valence-corrected chi connectivity index (χ1v) is 9.45. The van der Waals surface area contributed by atoms with Gasteiger partial charge in [-0.05, 0) is 58.7 Å². The minimum Gasteiger partial charge on any atom is -0.444 e. The number of nitrogens with one attached hydrogen (secondary N) is 2. The number of carbonyl (C=O) groups excluding carboxylic acids is 1. The predicted molar refractivity (Wildman–Crippen MR) is 112 cm³/mol. The molecule has 1 heterocycles. The molecule has 28 heavy (non-hydrogen) atoms. The molecule has 0 fully saturated rings. The van der Waals surface area contributed by atoms with Gasteiger partial charge in [0, 0.05) is 18.8 Å². The maximum atomic E-state index is 11.6. The number of nitrogens with two attached hydrogens (primary N) is 1. The third-order valence-corrected chi connectivity index (χ3v) is 3.70. The van der Waals surface area contributed by atoms with Gasteiger partial charge < -0.3 is 25.8 Å². The molecule has 0 spiro atoms. The van der Waals surface area contributed by atoms with Crippen molar-refractivity contribution in [1.82, 2.24) is 10.3 Å². The molecule has 1 amide bonds. The highest BCUT2D eigenvalue weighted by Crippen LogP contribution is 2.31. The normalized spacial score (nSPS) is 11.0. The van der Waals surface area contributed by atoms with Gasteiger partial charge in [0.15, 0.2) is 0 Å². The van der Waals surface area contributed by atoms with Crippen molar-refractivity contribution in [1.29, 1.82) is 0 Å². The molecule has 0 saturated carbocycles. The summed E-state index contributed by atoms with van der Waals surface area (Å²) in [6.45, 7) is 8.69. The number of rotatable bonds is 8. The van der Waals surface area contributed by atoms with Crippen LogP contribution in [-0.2, 0) is 4.74 Å². The summed E-state index contributed by atoms with van der Waals surface area (Å²) in [4.78, 5) is 16.0. The number of benzene rings is 1. The summed E-state index contributed by atoms with van der Waals surface area (Å²) in [7, 11) is 0. The van der Waals surface area contributed by atoms with E-state index in [2.05, 4.69) is 15.6 Å². The SMILES string of the molecule is Cc1cc(NCCCCNC(=O)OC(C)(C)C)c(N)c(Oc2ccccc2)n1. The number of hydrogen-bond acceptors (Lipinski definition) is 6. The van der Waals surface area contributed by atoms with E-state index in [0.29, 0.717) is 30.4 Å². The Labute approximate surface area is 166 Å². The summed E-state index contributed by atoms with van der Waals surface area (Å²) in [5, 5.41) is 6.07. The van der Waals surface area contributed by atoms with E-state index in [-0.39, 0.29) is 0 Å². The molecule has 152 valence electrons. The number of anilines is 2. The van der Waals surface area contributed by atoms with Crippen LogP contribution in [0.5, 0.6) is 11.6 Å². The van der Waals surface area contributed by atoms with Crippen LogP contribution in [-0.4, -0.2) is 29.8 Å². The molecule has 0 aliphatic carbocycles. The summed E-state index contributed by atoms with van der Waals surface area (Å²) in [6, 6.07) is 11.3. The number of nitrogens with zero attached hydrogens (tertiary/aromatic N) is 1. The maximum Gasteiger partial charge on any atom is 0.407 e. The quantitative estimate of drug-likeness (QED) is 0.579. The van der Waals surface area contributed by atoms with Crippen molar-refractivity contribution in [2.75, 3.05) is 24.1 Å². The minimum absolute atomic E-state index is 0.389. The van der Waals surface area contributed by atoms with Crippen molar-refractivity contribution in [3.63, 3.8) is 0 Å². The molecule has 2 rings (SSSR count). The second-order valence-corrected chi connectivity index (χ2v) is 7.51. The Morgan fingerprint density at radius 1 is 1.14 bits per heavy atom. The van der Waals surface area contributed by atoms with Crippen LogP contribution in [0.1, 0.15) is 39.3 Å². The third-order valence-electron chi connectivity index (χ3n) is 3.70. The first kappa shape index (κ1) is 21.3. The molecule has 0 unspecified atom stereocenters. The lowest BCUT2D eigenvalue weighted by atomic mass is 10.2. The number of carbonyl (C=O) groups is 1. The van der Waals surface area contributed by atoms with E-state index < -0.39 is 11.7 Å². The number of nitrogen functional groups attached to an aromatic ring is 1. The van der Waals surface area contributed by atoms with E-state index in [1.54, 1.807) is 0 Å². The van der Waals surface area contributed by atoms with Crippen LogP contribution in [0.2, 0.25) is 0 Å². The number of pyridine rings is 1. The van der Waals surface area contributed by atoms with Gasteiger partial charge in [-0.25, -0.2) is 9.78 Å². The average molecular weight is 386 g/mol. The largest absolute Gasteiger partial charge is 0.444 e. The van der Waals surface area contributed by atoms with Crippen molar-refractivity contribution >= 4 is 17.5 Å². The molecule has 1 aromatic carbocycles. The van der Waals surface area contributed by atoms with Gasteiger partial charge in [0.2, 0.25) is 5.88 Å². The highest BCUT2D eigenvalue weighted by molar-refractivity contribution is 5.72. The van der Waals surface area contributed by atoms with Crippen LogP contribution >= 0.6 is 0 Å². The van der Waals surface area contributed by atoms with Crippen molar-refractivity contribution < 1.29 is 14.3 Å². The summed E-state index contributed by atoms with van der Waals surface area (Å²) >= 11 is 0. The zero-order valence-corrected chi connectivity index (χ0v) is 17.0. The number of unbranched alkanes of at least 4 members (excludes halogenated alkanes) is 1. The second-order valence-electron chi connectivity index (χ2n) is 7.51. The van der Waals surface area contributed by atoms with Gasteiger partial charge in [-0.2, -0.15) is 0 Å². The fourth-order valence-electron chi connectivity index (χ4n) is 2.46. The molecular formula is C21H30N4O3. The van der Waals surface area contributed by atoms with Gasteiger partial charge in [-0.1, -0.05) is 18.2 Å². The molecule has 0 aliphatic rings. The molecule has 0 saturated heterocycles. The molecule has 1 aromatic heterocycles. The molecular weight excluding hydrogens is 356 g/mol. The van der Waals surface area contributed by atoms with Crippen LogP contribution in [0.25, 0.3) is 0 Å². The number of para-hydroxylation sites is 1. The van der Waals surface area contributed by atoms with Gasteiger partial charge in [0.05, 0.1) is 5.69 Å². The van der Waals surface area contributed by atoms with E-state index in [0.717, 1.165) is 24.2 Å². The number of amides is 1. The van der Waals surface area contributed by atoms with Gasteiger partial charge >= 0.3 is 6.09 Å². The minimum atomic E-state index is -0.484. The Morgan fingerprint density at radius 2 is 1.82 bits per heavy atom. The summed E-state index contributed by atoms with van der Waals surface area (Å²) in [5.74, 6) is 1.08. The van der Waals surface area contributed by atoms with Crippen LogP contribution in [0.3, 0.4) is 0 Å². The molecule has 7 heteroatoms. The second kappa shape index (κ2) is 9.82. The van der Waals surface area contributed by atoms with E-state index >= 15 is 0 Å². The molecule has 7 nitrogen and oxygen atoms in total. The highest BCUT2D eigenvalue weighted by atomic mass is 16.6. The Bertz CT molecular complexity index is 773. The standard InChI is InChI=1S/C21H30N4O3/c1-15-14-17(18(22)19(25-15)27-16-10-6-5-7-11-16)23-12-8-9-13-24-20(26)28-21(2,3)4/h5-7,10-11,14H,8-9,12-13,22H2,1-4H3,(H,23,25)(H,24,26). The van der Waals surface area contributed by atoms with E-state index in [9.17, 15) is 4.79 Å². The van der Waals surface area contributed by atoms with Crippen molar-refractivity contribution in [3.05, 3.63) is 42.1 Å². The van der Waals surface area contributed by atoms with Crippen molar-refractivity contribution in [3.8, 4) is 11.6 Å². The lowest BCUT2D eigenvalue weighted by molar-refractivity contribution is 0.0527. The lowest BCUT2D eigenvalue weighted by Gasteiger charge is -2.19. The lowest BCUT2D eigenvalue weighted by Crippen LogP contribution is -2.33. The molecule has 4 N–H and O–H groups in total. The zero-order valence-electron chi connectivity index (χ0n) is 17.0. The summed E-state index contributed by atoms with van der Waals surface area (Å²) in [5.41, 5.74) is 7.81. The first-order valence-electron chi connectivity index (χ1n) is 9.45. The number of hydrogen-bond donors (Lipinski definition) is 3. The van der Waals surface area contributed by atoms with Gasteiger partial charge in [0.25, 0.3) is 0 Å². The van der Waals surface area contributed by atoms with Gasteiger partial charge in [0.1, 0.15) is 17.0 Å². The molecule has 0 bridgehead atoms. The van der Waals surface area contributed by atoms with Gasteiger partial charge in [-0.15, -0.1) is 0 Å². The molecule has 0 atom stereocenters. The summed E-state index contributed by atoms with van der Waals surface area (Å²) in [6.07, 6.45) is 1.30. The van der Waals surface area contributed by atoms with Gasteiger partial charge in [-0.3, -0.25) is 0 Å². The Morgan fingerprint density at radius 3 is 2.50 bits per heavy atom. The number of aryl methyl sites for hydroxylation is 1. The molecule has 0 aliphatic heterocycles. The van der Waals surface area contributed by atoms with E-state index in [4.69, 9.17) is 15.2 Å². The van der Waals surface area contributed by atoms with Crippen molar-refractivity contribution in [2.45, 2.75) is 46.1 Å². The monoisotopic (exact) mass is 386 g/mol. The van der Waals surface area contributed by atoms with Crippen LogP contribution in [0.15, 0.2) is 36.4 Å². The smallest absolute Gasteiger partial charge is 0.407 e. The molecule has 0 radical (unpaired) electrons. The van der Waals surface area contributed by atoms with Crippen molar-refractivity contribution in [2.24, 2.45) is 0 Å². The molecule has 2 aromatic rings.